The lowest BCUT2D eigenvalue weighted by atomic mass is 9.94. The molecule has 3 aromatic carbocycles. The zero-order valence-corrected chi connectivity index (χ0v) is 20.7. The Hall–Kier alpha value is -2.80. The van der Waals surface area contributed by atoms with Crippen LogP contribution in [0.2, 0.25) is 0 Å². The van der Waals surface area contributed by atoms with Gasteiger partial charge >= 0.3 is 0 Å². The van der Waals surface area contributed by atoms with E-state index in [2.05, 4.69) is 58.1 Å². The Morgan fingerprint density at radius 1 is 0.886 bits per heavy atom. The number of nitrogens with zero attached hydrogens (tertiary/aromatic N) is 3. The van der Waals surface area contributed by atoms with Gasteiger partial charge in [0.15, 0.2) is 0 Å². The monoisotopic (exact) mass is 475 g/mol. The molecule has 186 valence electrons. The highest BCUT2D eigenvalue weighted by molar-refractivity contribution is 5.91. The predicted molar refractivity (Wildman–Crippen MR) is 142 cm³/mol. The quantitative estimate of drug-likeness (QED) is 0.543. The number of aliphatic hydroxyl groups is 1. The molecular formula is C29H37N3O3. The molecule has 2 saturated heterocycles. The molecule has 0 spiro atoms. The third kappa shape index (κ3) is 5.89. The minimum atomic E-state index is -0.198. The second-order valence-corrected chi connectivity index (χ2v) is 10.0. The number of rotatable bonds is 7. The van der Waals surface area contributed by atoms with Crippen molar-refractivity contribution in [2.45, 2.75) is 25.4 Å². The lowest BCUT2D eigenvalue weighted by Crippen LogP contribution is -2.45. The molecule has 0 unspecified atom stereocenters. The Morgan fingerprint density at radius 2 is 1.63 bits per heavy atom. The zero-order chi connectivity index (χ0) is 24.2. The van der Waals surface area contributed by atoms with E-state index in [4.69, 9.17) is 4.74 Å². The number of aromatic hydroxyl groups is 1. The van der Waals surface area contributed by atoms with Crippen molar-refractivity contribution < 1.29 is 14.9 Å². The van der Waals surface area contributed by atoms with Crippen LogP contribution < -0.4 is 9.64 Å². The number of piperidine rings is 1. The number of phenolic OH excluding ortho intramolecular Hbond substituents is 1. The third-order valence-electron chi connectivity index (χ3n) is 7.47. The summed E-state index contributed by atoms with van der Waals surface area (Å²) < 4.78 is 6.04. The van der Waals surface area contributed by atoms with Gasteiger partial charge < -0.3 is 24.7 Å². The van der Waals surface area contributed by atoms with Crippen LogP contribution in [-0.4, -0.2) is 85.6 Å². The van der Waals surface area contributed by atoms with E-state index >= 15 is 0 Å². The Bertz CT molecular complexity index is 1120. The molecule has 0 saturated carbocycles. The topological polar surface area (TPSA) is 59.4 Å². The Balaban J connectivity index is 1.29. The fourth-order valence-electron chi connectivity index (χ4n) is 5.23. The fourth-order valence-corrected chi connectivity index (χ4v) is 5.23. The highest BCUT2D eigenvalue weighted by Crippen LogP contribution is 2.34. The molecule has 0 radical (unpaired) electrons. The molecule has 6 heteroatoms. The van der Waals surface area contributed by atoms with Crippen molar-refractivity contribution in [1.82, 2.24) is 9.80 Å². The van der Waals surface area contributed by atoms with Crippen molar-refractivity contribution in [3.63, 3.8) is 0 Å². The minimum Gasteiger partial charge on any atom is -0.508 e. The molecular weight excluding hydrogens is 438 g/mol. The summed E-state index contributed by atoms with van der Waals surface area (Å²) in [4.78, 5) is 7.23. The number of likely N-dealkylation sites (N-methyl/N-ethyl adjacent to an activating group) is 1. The molecule has 35 heavy (non-hydrogen) atoms. The number of fused-ring (bicyclic) bond motifs is 1. The van der Waals surface area contributed by atoms with Crippen LogP contribution >= 0.6 is 0 Å². The summed E-state index contributed by atoms with van der Waals surface area (Å²) in [6.07, 6.45) is 2.20. The van der Waals surface area contributed by atoms with Gasteiger partial charge in [0.2, 0.25) is 0 Å². The van der Waals surface area contributed by atoms with Crippen molar-refractivity contribution in [1.29, 1.82) is 0 Å². The van der Waals surface area contributed by atoms with Crippen LogP contribution in [-0.2, 0) is 6.42 Å². The number of aliphatic hydroxyl groups excluding tert-OH is 1. The highest BCUT2D eigenvalue weighted by atomic mass is 16.5. The first-order valence-electron chi connectivity index (χ1n) is 12.9. The summed E-state index contributed by atoms with van der Waals surface area (Å²) in [5, 5.41) is 22.2. The van der Waals surface area contributed by atoms with Crippen molar-refractivity contribution >= 4 is 16.5 Å². The van der Waals surface area contributed by atoms with Gasteiger partial charge in [0.1, 0.15) is 18.1 Å². The van der Waals surface area contributed by atoms with Crippen LogP contribution in [0.3, 0.4) is 0 Å². The van der Waals surface area contributed by atoms with Gasteiger partial charge in [-0.1, -0.05) is 24.3 Å². The summed E-state index contributed by atoms with van der Waals surface area (Å²) in [6.45, 7) is 7.87. The van der Waals surface area contributed by atoms with Gasteiger partial charge in [-0.25, -0.2) is 0 Å². The van der Waals surface area contributed by atoms with Crippen LogP contribution in [0.5, 0.6) is 11.5 Å². The molecule has 0 amide bonds. The molecule has 0 bridgehead atoms. The van der Waals surface area contributed by atoms with Crippen LogP contribution in [0.1, 0.15) is 24.0 Å². The lowest BCUT2D eigenvalue weighted by molar-refractivity contribution is 0.134. The number of piperazine rings is 1. The van der Waals surface area contributed by atoms with Crippen LogP contribution in [0.15, 0.2) is 54.6 Å². The molecule has 2 aliphatic rings. The van der Waals surface area contributed by atoms with E-state index in [0.29, 0.717) is 6.61 Å². The van der Waals surface area contributed by atoms with E-state index in [1.807, 2.05) is 12.1 Å². The van der Waals surface area contributed by atoms with Gasteiger partial charge in [0, 0.05) is 57.9 Å². The molecule has 2 heterocycles. The molecule has 0 atom stereocenters. The highest BCUT2D eigenvalue weighted by Gasteiger charge is 2.21. The van der Waals surface area contributed by atoms with E-state index in [-0.39, 0.29) is 11.9 Å². The number of ether oxygens (including phenoxy) is 1. The zero-order valence-electron chi connectivity index (χ0n) is 20.7. The summed E-state index contributed by atoms with van der Waals surface area (Å²) in [5.74, 6) is 1.20. The van der Waals surface area contributed by atoms with Crippen molar-refractivity contribution in [2.24, 2.45) is 0 Å². The van der Waals surface area contributed by atoms with Crippen LogP contribution in [0.25, 0.3) is 10.8 Å². The number of hydrogen-bond donors (Lipinski definition) is 2. The van der Waals surface area contributed by atoms with Gasteiger partial charge in [-0.05, 0) is 72.1 Å². The van der Waals surface area contributed by atoms with Crippen molar-refractivity contribution in [3.05, 3.63) is 65.7 Å². The second-order valence-electron chi connectivity index (χ2n) is 10.0. The van der Waals surface area contributed by atoms with E-state index in [1.54, 1.807) is 6.07 Å². The summed E-state index contributed by atoms with van der Waals surface area (Å²) in [6, 6.07) is 18.4. The van der Waals surface area contributed by atoms with Gasteiger partial charge in [0.05, 0.1) is 6.10 Å². The Kier molecular flexibility index (Phi) is 7.42. The maximum Gasteiger partial charge on any atom is 0.119 e. The largest absolute Gasteiger partial charge is 0.508 e. The lowest BCUT2D eigenvalue weighted by Gasteiger charge is -2.33. The minimum absolute atomic E-state index is 0.198. The van der Waals surface area contributed by atoms with E-state index < -0.39 is 0 Å². The number of anilines is 1. The summed E-state index contributed by atoms with van der Waals surface area (Å²) >= 11 is 0. The molecule has 3 aromatic rings. The maximum atomic E-state index is 10.00. The van der Waals surface area contributed by atoms with Gasteiger partial charge in [-0.2, -0.15) is 0 Å². The maximum absolute atomic E-state index is 10.00. The van der Waals surface area contributed by atoms with Gasteiger partial charge in [0.25, 0.3) is 0 Å². The van der Waals surface area contributed by atoms with Crippen molar-refractivity contribution in [2.75, 3.05) is 64.4 Å². The fraction of sp³-hybridized carbons (Fsp3) is 0.448. The number of hydrogen-bond acceptors (Lipinski definition) is 6. The average Bonchev–Trinajstić information content (AvgIpc) is 2.87. The standard InChI is InChI=1S/C29H37N3O3/c1-30-14-16-31(17-15-30)18-19-35-26-6-2-22(3-7-26)20-28-27-8-5-25(34)21-23(27)4-9-29(28)32-12-10-24(33)11-13-32/h2-9,21,24,33-34H,10-20H2,1H3. The second kappa shape index (κ2) is 10.9. The first-order chi connectivity index (χ1) is 17.0. The first kappa shape index (κ1) is 23.9. The Morgan fingerprint density at radius 3 is 2.37 bits per heavy atom. The van der Waals surface area contributed by atoms with Crippen molar-refractivity contribution in [3.8, 4) is 11.5 Å². The average molecular weight is 476 g/mol. The van der Waals surface area contributed by atoms with E-state index in [9.17, 15) is 10.2 Å². The molecule has 6 nitrogen and oxygen atoms in total. The van der Waals surface area contributed by atoms with Gasteiger partial charge in [-0.15, -0.1) is 0 Å². The molecule has 0 aliphatic carbocycles. The smallest absolute Gasteiger partial charge is 0.119 e. The molecule has 5 rings (SSSR count). The predicted octanol–water partition coefficient (Wildman–Crippen LogP) is 3.72. The summed E-state index contributed by atoms with van der Waals surface area (Å²) in [5.41, 5.74) is 3.72. The van der Waals surface area contributed by atoms with Gasteiger partial charge in [-0.3, -0.25) is 4.90 Å². The summed E-state index contributed by atoms with van der Waals surface area (Å²) in [7, 11) is 2.18. The molecule has 2 fully saturated rings. The van der Waals surface area contributed by atoms with E-state index in [1.165, 1.54) is 22.2 Å². The Labute approximate surface area is 208 Å². The third-order valence-corrected chi connectivity index (χ3v) is 7.47. The first-order valence-corrected chi connectivity index (χ1v) is 12.9. The van der Waals surface area contributed by atoms with E-state index in [0.717, 1.165) is 76.2 Å². The number of phenols is 1. The van der Waals surface area contributed by atoms with Crippen LogP contribution in [0.4, 0.5) is 5.69 Å². The number of benzene rings is 3. The molecule has 0 aromatic heterocycles. The SMILES string of the molecule is CN1CCN(CCOc2ccc(Cc3c(N4CCC(O)CC4)ccc4cc(O)ccc34)cc2)CC1. The normalized spacial score (nSPS) is 18.3. The van der Waals surface area contributed by atoms with Crippen LogP contribution in [0, 0.1) is 0 Å². The molecule has 2 N–H and O–H groups in total. The molecule has 2 aliphatic heterocycles.